The third kappa shape index (κ3) is 9.00. The summed E-state index contributed by atoms with van der Waals surface area (Å²) >= 11 is 1.71. The molecule has 1 aromatic rings. The van der Waals surface area contributed by atoms with E-state index < -0.39 is 6.04 Å². The molecule has 1 fully saturated rings. The number of piperidine rings is 1. The summed E-state index contributed by atoms with van der Waals surface area (Å²) in [7, 11) is 1.61. The van der Waals surface area contributed by atoms with Crippen molar-refractivity contribution < 1.29 is 37.3 Å². The molecule has 1 aliphatic heterocycles. The summed E-state index contributed by atoms with van der Waals surface area (Å²) < 4.78 is 5.15. The highest BCUT2D eigenvalue weighted by molar-refractivity contribution is 7.98. The predicted molar refractivity (Wildman–Crippen MR) is 131 cm³/mol. The summed E-state index contributed by atoms with van der Waals surface area (Å²) in [6, 6.07) is 6.65. The van der Waals surface area contributed by atoms with Gasteiger partial charge >= 0.3 is 0 Å². The highest BCUT2D eigenvalue weighted by atomic mass is 35.5. The Hall–Kier alpha value is -1.97. The topological polar surface area (TPSA) is 115 Å². The van der Waals surface area contributed by atoms with Gasteiger partial charge in [0.2, 0.25) is 11.8 Å². The van der Waals surface area contributed by atoms with Gasteiger partial charge in [-0.2, -0.15) is 11.8 Å². The first-order valence-corrected chi connectivity index (χ1v) is 13.0. The Morgan fingerprint density at radius 3 is 2.32 bits per heavy atom. The SMILES string of the molecule is COc1ccc(CNC(=O)[C@H](NC(=O)C2CCN(C(=O)[C@@H]([NH3+])CCSC)CC2)C(C)C)cc1.[Cl-]. The Morgan fingerprint density at radius 1 is 1.18 bits per heavy atom. The number of likely N-dealkylation sites (tertiary alicyclic amines) is 1. The Balaban J connectivity index is 0.00000578. The standard InChI is InChI=1S/C24H38N4O4S.ClH/c1-16(2)21(23(30)26-15-17-5-7-19(32-3)8-6-17)27-22(29)18-9-12-28(13-10-18)24(31)20(25)11-14-33-4;/h5-8,16,18,20-21H,9-15,25H2,1-4H3,(H,26,30)(H,27,29);1H/t20-,21+;/m0./s1. The summed E-state index contributed by atoms with van der Waals surface area (Å²) in [5, 5.41) is 5.87. The van der Waals surface area contributed by atoms with E-state index in [0.717, 1.165) is 23.5 Å². The molecule has 192 valence electrons. The Bertz CT molecular complexity index is 786. The van der Waals surface area contributed by atoms with Crippen LogP contribution in [0.5, 0.6) is 5.75 Å². The van der Waals surface area contributed by atoms with Gasteiger partial charge in [-0.15, -0.1) is 0 Å². The van der Waals surface area contributed by atoms with Gasteiger partial charge in [0, 0.05) is 32.0 Å². The number of amides is 3. The lowest BCUT2D eigenvalue weighted by Crippen LogP contribution is -3.00. The second-order valence-electron chi connectivity index (χ2n) is 8.87. The number of halogens is 1. The van der Waals surface area contributed by atoms with Crippen molar-refractivity contribution in [3.05, 3.63) is 29.8 Å². The fourth-order valence-electron chi connectivity index (χ4n) is 3.85. The zero-order valence-corrected chi connectivity index (χ0v) is 22.2. The molecule has 10 heteroatoms. The lowest BCUT2D eigenvalue weighted by Gasteiger charge is -2.33. The molecule has 0 bridgehead atoms. The van der Waals surface area contributed by atoms with Gasteiger partial charge in [0.05, 0.1) is 7.11 Å². The van der Waals surface area contributed by atoms with Gasteiger partial charge in [-0.3, -0.25) is 14.4 Å². The second-order valence-corrected chi connectivity index (χ2v) is 9.86. The van der Waals surface area contributed by atoms with Crippen molar-refractivity contribution in [2.75, 3.05) is 32.2 Å². The van der Waals surface area contributed by atoms with Gasteiger partial charge in [-0.25, -0.2) is 0 Å². The van der Waals surface area contributed by atoms with E-state index in [9.17, 15) is 14.4 Å². The molecule has 3 amide bonds. The molecular formula is C24H39ClN4O4S. The minimum Gasteiger partial charge on any atom is -1.00 e. The summed E-state index contributed by atoms with van der Waals surface area (Å²) in [5.41, 5.74) is 4.95. The van der Waals surface area contributed by atoms with E-state index >= 15 is 0 Å². The molecule has 0 aliphatic carbocycles. The van der Waals surface area contributed by atoms with Crippen molar-refractivity contribution in [2.24, 2.45) is 11.8 Å². The number of hydrogen-bond donors (Lipinski definition) is 3. The van der Waals surface area contributed by atoms with Crippen LogP contribution in [0.3, 0.4) is 0 Å². The minimum atomic E-state index is -0.605. The van der Waals surface area contributed by atoms with Crippen molar-refractivity contribution >= 4 is 29.5 Å². The van der Waals surface area contributed by atoms with Crippen LogP contribution >= 0.6 is 11.8 Å². The maximum atomic E-state index is 12.9. The number of carbonyl (C=O) groups is 3. The van der Waals surface area contributed by atoms with Crippen LogP contribution in [0.1, 0.15) is 38.7 Å². The molecule has 2 atom stereocenters. The van der Waals surface area contributed by atoms with Gasteiger partial charge in [-0.1, -0.05) is 26.0 Å². The second kappa shape index (κ2) is 15.1. The number of benzene rings is 1. The zero-order valence-electron chi connectivity index (χ0n) is 20.6. The number of ether oxygens (including phenoxy) is 1. The maximum Gasteiger partial charge on any atom is 0.280 e. The number of methoxy groups -OCH3 is 1. The van der Waals surface area contributed by atoms with E-state index in [2.05, 4.69) is 16.4 Å². The first-order valence-electron chi connectivity index (χ1n) is 11.6. The van der Waals surface area contributed by atoms with Crippen LogP contribution in [0.15, 0.2) is 24.3 Å². The average Bonchev–Trinajstić information content (AvgIpc) is 2.83. The summed E-state index contributed by atoms with van der Waals surface area (Å²) in [4.78, 5) is 40.1. The number of quaternary nitrogens is 1. The Labute approximate surface area is 213 Å². The van der Waals surface area contributed by atoms with Gasteiger partial charge in [0.1, 0.15) is 11.8 Å². The van der Waals surface area contributed by atoms with Crippen molar-refractivity contribution in [3.8, 4) is 5.75 Å². The lowest BCUT2D eigenvalue weighted by atomic mass is 9.94. The molecule has 8 nitrogen and oxygen atoms in total. The highest BCUT2D eigenvalue weighted by Crippen LogP contribution is 2.19. The van der Waals surface area contributed by atoms with Gasteiger partial charge in [0.25, 0.3) is 5.91 Å². The van der Waals surface area contributed by atoms with Crippen molar-refractivity contribution in [3.63, 3.8) is 0 Å². The van der Waals surface area contributed by atoms with Crippen LogP contribution in [-0.2, 0) is 20.9 Å². The molecule has 0 aromatic heterocycles. The van der Waals surface area contributed by atoms with E-state index in [-0.39, 0.29) is 48.0 Å². The third-order valence-electron chi connectivity index (χ3n) is 6.07. The van der Waals surface area contributed by atoms with Crippen LogP contribution in [0.25, 0.3) is 0 Å². The number of nitrogens with zero attached hydrogens (tertiary/aromatic N) is 1. The Kier molecular flexibility index (Phi) is 13.4. The number of hydrogen-bond acceptors (Lipinski definition) is 5. The maximum absolute atomic E-state index is 12.9. The van der Waals surface area contributed by atoms with Crippen molar-refractivity contribution in [1.82, 2.24) is 15.5 Å². The predicted octanol–water partition coefficient (Wildman–Crippen LogP) is -1.94. The largest absolute Gasteiger partial charge is 1.00 e. The molecular weight excluding hydrogens is 476 g/mol. The fraction of sp³-hybridized carbons (Fsp3) is 0.625. The van der Waals surface area contributed by atoms with E-state index in [4.69, 9.17) is 4.74 Å². The number of rotatable bonds is 11. The normalized spacial score (nSPS) is 15.8. The molecule has 0 spiro atoms. The first-order chi connectivity index (χ1) is 15.8. The monoisotopic (exact) mass is 514 g/mol. The molecule has 1 heterocycles. The molecule has 1 aromatic carbocycles. The minimum absolute atomic E-state index is 0. The van der Waals surface area contributed by atoms with E-state index in [1.807, 2.05) is 49.3 Å². The molecule has 34 heavy (non-hydrogen) atoms. The van der Waals surface area contributed by atoms with Gasteiger partial charge in [-0.05, 0) is 48.5 Å². The zero-order chi connectivity index (χ0) is 24.4. The summed E-state index contributed by atoms with van der Waals surface area (Å²) in [6.45, 7) is 5.33. The average molecular weight is 515 g/mol. The molecule has 5 N–H and O–H groups in total. The molecule has 0 radical (unpaired) electrons. The van der Waals surface area contributed by atoms with Crippen molar-refractivity contribution in [2.45, 2.75) is 51.7 Å². The van der Waals surface area contributed by atoms with Crippen molar-refractivity contribution in [1.29, 1.82) is 0 Å². The van der Waals surface area contributed by atoms with E-state index in [0.29, 0.717) is 32.5 Å². The summed E-state index contributed by atoms with van der Waals surface area (Å²) in [6.07, 6.45) is 3.99. The van der Waals surface area contributed by atoms with E-state index in [1.165, 1.54) is 0 Å². The quantitative estimate of drug-likeness (QED) is 0.318. The number of carbonyl (C=O) groups excluding carboxylic acids is 3. The smallest absolute Gasteiger partial charge is 0.280 e. The van der Waals surface area contributed by atoms with Crippen LogP contribution in [0.4, 0.5) is 0 Å². The van der Waals surface area contributed by atoms with Gasteiger partial charge < -0.3 is 38.4 Å². The Morgan fingerprint density at radius 2 is 1.79 bits per heavy atom. The number of thioether (sulfide) groups is 1. The van der Waals surface area contributed by atoms with E-state index in [1.54, 1.807) is 18.9 Å². The van der Waals surface area contributed by atoms with Crippen LogP contribution in [-0.4, -0.2) is 66.9 Å². The molecule has 0 saturated carbocycles. The van der Waals surface area contributed by atoms with Gasteiger partial charge in [0.15, 0.2) is 6.04 Å². The number of nitrogens with one attached hydrogen (secondary N) is 2. The molecule has 1 aliphatic rings. The fourth-order valence-corrected chi connectivity index (χ4v) is 4.37. The molecule has 2 rings (SSSR count). The van der Waals surface area contributed by atoms with Crippen LogP contribution in [0.2, 0.25) is 0 Å². The molecule has 0 unspecified atom stereocenters. The third-order valence-corrected chi connectivity index (χ3v) is 6.71. The molecule has 1 saturated heterocycles. The lowest BCUT2D eigenvalue weighted by molar-refractivity contribution is -0.406. The summed E-state index contributed by atoms with van der Waals surface area (Å²) in [5.74, 6) is 1.19. The van der Waals surface area contributed by atoms with Crippen LogP contribution in [0, 0.1) is 11.8 Å². The highest BCUT2D eigenvalue weighted by Gasteiger charge is 2.33. The van der Waals surface area contributed by atoms with Crippen LogP contribution < -0.4 is 33.5 Å². The first kappa shape index (κ1) is 30.1.